The molecule has 0 saturated carbocycles. The molecule has 318 valence electrons. The number of aromatic nitrogens is 4. The summed E-state index contributed by atoms with van der Waals surface area (Å²) in [4.78, 5) is 61.2. The van der Waals surface area contributed by atoms with Crippen molar-refractivity contribution in [3.8, 4) is 22.4 Å². The van der Waals surface area contributed by atoms with Gasteiger partial charge in [-0.05, 0) is 92.1 Å². The molecule has 2 aromatic carbocycles. The van der Waals surface area contributed by atoms with Crippen molar-refractivity contribution < 1.29 is 28.7 Å². The Morgan fingerprint density at radius 2 is 1.90 bits per heavy atom. The van der Waals surface area contributed by atoms with Crippen molar-refractivity contribution in [1.29, 1.82) is 0 Å². The Hall–Kier alpha value is -5.60. The number of pyridine rings is 1. The zero-order chi connectivity index (χ0) is 43.0. The van der Waals surface area contributed by atoms with Gasteiger partial charge in [-0.2, -0.15) is 5.10 Å². The maximum Gasteiger partial charge on any atom is 0.324 e. The molecule has 0 aliphatic carbocycles. The number of H-pyrrole nitrogens is 1. The Balaban J connectivity index is 1.43. The minimum Gasteiger partial charge on any atom is -0.464 e. The molecule has 60 heavy (non-hydrogen) atoms. The molecule has 5 aromatic rings. The van der Waals surface area contributed by atoms with Crippen molar-refractivity contribution in [2.24, 2.45) is 11.3 Å². The Morgan fingerprint density at radius 3 is 2.62 bits per heavy atom. The Kier molecular flexibility index (Phi) is 12.2. The lowest BCUT2D eigenvalue weighted by atomic mass is 9.84. The van der Waals surface area contributed by atoms with Crippen LogP contribution in [0.2, 0.25) is 0 Å². The van der Waals surface area contributed by atoms with Crippen molar-refractivity contribution in [2.75, 3.05) is 27.3 Å². The molecule has 1 unspecified atom stereocenters. The summed E-state index contributed by atoms with van der Waals surface area (Å²) < 4.78 is 14.3. The Bertz CT molecular complexity index is 2430. The van der Waals surface area contributed by atoms with Gasteiger partial charge >= 0.3 is 5.97 Å². The predicted molar refractivity (Wildman–Crippen MR) is 230 cm³/mol. The summed E-state index contributed by atoms with van der Waals surface area (Å²) in [6.07, 6.45) is 5.07. The zero-order valence-electron chi connectivity index (χ0n) is 36.2. The minimum atomic E-state index is -1.03. The third-order valence-corrected chi connectivity index (χ3v) is 12.1. The summed E-state index contributed by atoms with van der Waals surface area (Å²) >= 11 is 0. The molecule has 14 heteroatoms. The first-order valence-corrected chi connectivity index (χ1v) is 21.0. The van der Waals surface area contributed by atoms with Crippen molar-refractivity contribution in [2.45, 2.75) is 105 Å². The van der Waals surface area contributed by atoms with E-state index < -0.39 is 35.4 Å². The van der Waals surface area contributed by atoms with Crippen LogP contribution in [-0.2, 0) is 48.0 Å². The number of aryl methyl sites for hydroxylation is 1. The topological polar surface area (TPSA) is 164 Å². The second-order valence-corrected chi connectivity index (χ2v) is 17.4. The predicted octanol–water partition coefficient (Wildman–Crippen LogP) is 6.13. The van der Waals surface area contributed by atoms with Gasteiger partial charge in [0, 0.05) is 79.6 Å². The van der Waals surface area contributed by atoms with Gasteiger partial charge in [-0.15, -0.1) is 0 Å². The molecule has 4 atom stereocenters. The lowest BCUT2D eigenvalue weighted by Gasteiger charge is -2.36. The highest BCUT2D eigenvalue weighted by molar-refractivity contribution is 6.00. The van der Waals surface area contributed by atoms with E-state index in [1.165, 1.54) is 16.8 Å². The van der Waals surface area contributed by atoms with Gasteiger partial charge in [-0.3, -0.25) is 34.3 Å². The first-order valence-electron chi connectivity index (χ1n) is 21.0. The van der Waals surface area contributed by atoms with Crippen molar-refractivity contribution in [1.82, 2.24) is 40.4 Å². The third kappa shape index (κ3) is 8.27. The van der Waals surface area contributed by atoms with Gasteiger partial charge in [0.05, 0.1) is 35.8 Å². The molecule has 6 bridgehead atoms. The summed E-state index contributed by atoms with van der Waals surface area (Å²) in [6.45, 7) is 14.7. The van der Waals surface area contributed by atoms with E-state index in [-0.39, 0.29) is 36.9 Å². The van der Waals surface area contributed by atoms with Gasteiger partial charge < -0.3 is 24.3 Å². The van der Waals surface area contributed by atoms with Gasteiger partial charge in [-0.1, -0.05) is 33.8 Å². The van der Waals surface area contributed by atoms with Gasteiger partial charge in [0.15, 0.2) is 0 Å². The fourth-order valence-corrected chi connectivity index (χ4v) is 8.94. The molecule has 3 aromatic heterocycles. The van der Waals surface area contributed by atoms with Gasteiger partial charge in [-0.25, -0.2) is 5.43 Å². The highest BCUT2D eigenvalue weighted by atomic mass is 16.5. The smallest absolute Gasteiger partial charge is 0.324 e. The average molecular weight is 819 g/mol. The number of likely N-dealkylation sites (N-methyl/N-ethyl adjacent to an activating group) is 1. The highest BCUT2D eigenvalue weighted by Gasteiger charge is 2.37. The molecule has 0 radical (unpaired) electrons. The molecule has 3 amide bonds. The van der Waals surface area contributed by atoms with Gasteiger partial charge in [0.1, 0.15) is 18.1 Å². The molecule has 7 rings (SSSR count). The van der Waals surface area contributed by atoms with Crippen LogP contribution >= 0.6 is 0 Å². The molecule has 14 nitrogen and oxygen atoms in total. The Morgan fingerprint density at radius 1 is 1.12 bits per heavy atom. The number of nitrogens with one attached hydrogen (secondary N) is 3. The molecule has 2 aliphatic heterocycles. The number of aromatic amines is 1. The number of amides is 3. The van der Waals surface area contributed by atoms with Crippen molar-refractivity contribution >= 4 is 45.5 Å². The normalized spacial score (nSPS) is 19.5. The van der Waals surface area contributed by atoms with Crippen LogP contribution in [0.25, 0.3) is 44.2 Å². The lowest BCUT2D eigenvalue weighted by Crippen LogP contribution is -2.62. The van der Waals surface area contributed by atoms with Gasteiger partial charge in [0.25, 0.3) is 5.91 Å². The van der Waals surface area contributed by atoms with Crippen molar-refractivity contribution in [3.63, 3.8) is 0 Å². The number of carbonyl (C=O) groups is 4. The number of ether oxygens (including phenoxy) is 2. The van der Waals surface area contributed by atoms with Crippen LogP contribution in [0, 0.1) is 11.3 Å². The van der Waals surface area contributed by atoms with Crippen LogP contribution in [0.3, 0.4) is 0 Å². The maximum absolute atomic E-state index is 14.6. The summed E-state index contributed by atoms with van der Waals surface area (Å²) in [5, 5.41) is 14.0. The van der Waals surface area contributed by atoms with Crippen LogP contribution in [-0.4, -0.2) is 98.8 Å². The van der Waals surface area contributed by atoms with E-state index in [2.05, 4.69) is 76.6 Å². The second kappa shape index (κ2) is 17.2. The van der Waals surface area contributed by atoms with Crippen LogP contribution in [0.5, 0.6) is 0 Å². The maximum atomic E-state index is 14.6. The average Bonchev–Trinajstić information content (AvgIpc) is 3.83. The molecule has 1 saturated heterocycles. The third-order valence-electron chi connectivity index (χ3n) is 12.1. The quantitative estimate of drug-likeness (QED) is 0.157. The molecule has 1 fully saturated rings. The molecule has 5 heterocycles. The van der Waals surface area contributed by atoms with Gasteiger partial charge in [0.2, 0.25) is 11.8 Å². The number of hydrazine groups is 1. The standard InChI is InChI=1S/C46H58N8O6/c1-10-53-38-16-15-30-22-34(38)35(42(53)32-13-11-17-47-39(32)27(4)59-9)23-46(6,7)25-60-45(58)36-14-12-18-54(51-36)44(57)37(49-43(56)41(26(2)3)52(8)28(5)55)21-29-19-31-24-48-50-40(31)33(30)20-29/h11,13,15-17,19-20,22,24,26-27,36-37,41,51H,10,12,14,18,21,23,25H2,1-9H3,(H,48,50)(H,49,56)/t27-,36-,37-,41?/m0/s1. The monoisotopic (exact) mass is 818 g/mol. The Labute approximate surface area is 351 Å². The zero-order valence-corrected chi connectivity index (χ0v) is 36.2. The molecule has 2 aliphatic rings. The number of cyclic esters (lactones) is 1. The minimum absolute atomic E-state index is 0.139. The van der Waals surface area contributed by atoms with E-state index in [1.54, 1.807) is 26.6 Å². The van der Waals surface area contributed by atoms with Crippen LogP contribution < -0.4 is 10.7 Å². The van der Waals surface area contributed by atoms with E-state index >= 15 is 0 Å². The highest BCUT2D eigenvalue weighted by Crippen LogP contribution is 2.42. The first kappa shape index (κ1) is 42.5. The fraction of sp³-hybridized carbons (Fsp3) is 0.478. The van der Waals surface area contributed by atoms with E-state index in [0.717, 1.165) is 61.0 Å². The number of benzene rings is 2. The second-order valence-electron chi connectivity index (χ2n) is 17.4. The number of hydrogen-bond donors (Lipinski definition) is 3. The summed E-state index contributed by atoms with van der Waals surface area (Å²) in [5.41, 5.74) is 11.1. The van der Waals surface area contributed by atoms with E-state index in [9.17, 15) is 19.2 Å². The molecule has 0 spiro atoms. The van der Waals surface area contributed by atoms with Crippen LogP contribution in [0.15, 0.2) is 54.9 Å². The number of methoxy groups -OCH3 is 1. The van der Waals surface area contributed by atoms with Crippen molar-refractivity contribution in [3.05, 3.63) is 71.7 Å². The summed E-state index contributed by atoms with van der Waals surface area (Å²) in [7, 11) is 3.28. The number of esters is 1. The lowest BCUT2D eigenvalue weighted by molar-refractivity contribution is -0.155. The van der Waals surface area contributed by atoms with Crippen LogP contribution in [0.4, 0.5) is 0 Å². The summed E-state index contributed by atoms with van der Waals surface area (Å²) in [6, 6.07) is 12.0. The molecular weight excluding hydrogens is 761 g/mol. The number of rotatable bonds is 8. The van der Waals surface area contributed by atoms with E-state index in [1.807, 2.05) is 32.9 Å². The number of nitrogens with zero attached hydrogens (tertiary/aromatic N) is 5. The SMILES string of the molecule is CCn1c(-c2cccnc2[C@H](C)OC)c2c3cc(ccc31)-c1cc(cc3cn[nH]c13)C[C@H](NC(=O)C(C(C)C)N(C)C(C)=O)C(=O)N1CCC[C@H](N1)C(=O)OCC(C)(C)C2. The number of fused-ring (bicyclic) bond motifs is 8. The van der Waals surface area contributed by atoms with E-state index in [4.69, 9.17) is 14.5 Å². The molecular formula is C46H58N8O6. The number of carbonyl (C=O) groups excluding carboxylic acids is 4. The van der Waals surface area contributed by atoms with E-state index in [0.29, 0.717) is 32.4 Å². The largest absolute Gasteiger partial charge is 0.464 e. The van der Waals surface area contributed by atoms with Crippen LogP contribution in [0.1, 0.15) is 84.2 Å². The fourth-order valence-electron chi connectivity index (χ4n) is 8.94. The first-order chi connectivity index (χ1) is 28.6. The number of hydrogen-bond acceptors (Lipinski definition) is 9. The summed E-state index contributed by atoms with van der Waals surface area (Å²) in [5.74, 6) is -1.75. The molecule has 3 N–H and O–H groups in total.